The zero-order chi connectivity index (χ0) is 20.1. The lowest BCUT2D eigenvalue weighted by molar-refractivity contribution is 0.262. The number of amides is 2. The molecule has 2 aromatic heterocycles. The number of hydrogen-bond acceptors (Lipinski definition) is 5. The van der Waals surface area contributed by atoms with Crippen molar-refractivity contribution in [3.05, 3.63) is 85.2 Å². The minimum absolute atomic E-state index is 0.362. The van der Waals surface area contributed by atoms with Gasteiger partial charge in [-0.2, -0.15) is 5.10 Å². The second-order valence-corrected chi connectivity index (χ2v) is 6.00. The molecule has 0 aliphatic rings. The van der Waals surface area contributed by atoms with Crippen LogP contribution in [-0.4, -0.2) is 25.8 Å². The molecule has 0 unspecified atom stereocenters. The summed E-state index contributed by atoms with van der Waals surface area (Å²) in [4.78, 5) is 20.4. The van der Waals surface area contributed by atoms with Crippen molar-refractivity contribution in [2.75, 3.05) is 16.0 Å². The van der Waals surface area contributed by atoms with Gasteiger partial charge >= 0.3 is 6.03 Å². The van der Waals surface area contributed by atoms with Gasteiger partial charge < -0.3 is 16.0 Å². The maximum Gasteiger partial charge on any atom is 0.323 e. The molecule has 0 radical (unpaired) electrons. The standard InChI is InChI=1S/C20H16FN7O/c21-14-2-4-16(5-3-14)26-20(29)27-17-8-6-15(7-9-17)25-18-12-19(23-13-22-18)28-11-1-10-24-28/h1-13H,(H,22,23,25)(H2,26,27,29). The van der Waals surface area contributed by atoms with Gasteiger partial charge in [-0.25, -0.2) is 23.8 Å². The molecule has 0 saturated heterocycles. The van der Waals surface area contributed by atoms with E-state index in [9.17, 15) is 9.18 Å². The molecule has 0 aliphatic carbocycles. The van der Waals surface area contributed by atoms with Gasteiger partial charge in [0.15, 0.2) is 5.82 Å². The third-order valence-corrected chi connectivity index (χ3v) is 3.91. The van der Waals surface area contributed by atoms with Gasteiger partial charge in [-0.15, -0.1) is 0 Å². The van der Waals surface area contributed by atoms with E-state index >= 15 is 0 Å². The highest BCUT2D eigenvalue weighted by Crippen LogP contribution is 2.19. The van der Waals surface area contributed by atoms with Crippen LogP contribution < -0.4 is 16.0 Å². The van der Waals surface area contributed by atoms with Gasteiger partial charge in [0.25, 0.3) is 0 Å². The number of carbonyl (C=O) groups excluding carboxylic acids is 1. The molecule has 0 aliphatic heterocycles. The van der Waals surface area contributed by atoms with Gasteiger partial charge in [0, 0.05) is 35.5 Å². The van der Waals surface area contributed by atoms with Crippen LogP contribution in [0, 0.1) is 5.82 Å². The van der Waals surface area contributed by atoms with E-state index in [2.05, 4.69) is 31.0 Å². The molecule has 2 heterocycles. The van der Waals surface area contributed by atoms with Crippen molar-refractivity contribution in [2.45, 2.75) is 0 Å². The Kier molecular flexibility index (Phi) is 5.10. The number of urea groups is 1. The third kappa shape index (κ3) is 4.72. The largest absolute Gasteiger partial charge is 0.340 e. The van der Waals surface area contributed by atoms with Crippen molar-refractivity contribution in [1.29, 1.82) is 0 Å². The number of aromatic nitrogens is 4. The average molecular weight is 389 g/mol. The summed E-state index contributed by atoms with van der Waals surface area (Å²) >= 11 is 0. The van der Waals surface area contributed by atoms with Gasteiger partial charge in [0.05, 0.1) is 0 Å². The number of rotatable bonds is 5. The third-order valence-electron chi connectivity index (χ3n) is 3.91. The van der Waals surface area contributed by atoms with Crippen LogP contribution in [-0.2, 0) is 0 Å². The highest BCUT2D eigenvalue weighted by molar-refractivity contribution is 5.99. The first kappa shape index (κ1) is 18.1. The minimum atomic E-state index is -0.419. The van der Waals surface area contributed by atoms with Gasteiger partial charge in [0.1, 0.15) is 18.0 Å². The molecule has 3 N–H and O–H groups in total. The van der Waals surface area contributed by atoms with Gasteiger partial charge in [0.2, 0.25) is 0 Å². The van der Waals surface area contributed by atoms with Crippen LogP contribution in [0.1, 0.15) is 0 Å². The number of benzene rings is 2. The molecule has 0 fully saturated rings. The summed E-state index contributed by atoms with van der Waals surface area (Å²) in [7, 11) is 0. The fourth-order valence-electron chi connectivity index (χ4n) is 2.56. The van der Waals surface area contributed by atoms with Crippen molar-refractivity contribution in [3.8, 4) is 5.82 Å². The molecule has 2 aromatic carbocycles. The van der Waals surface area contributed by atoms with E-state index in [1.807, 2.05) is 18.2 Å². The summed E-state index contributed by atoms with van der Waals surface area (Å²) in [6.07, 6.45) is 4.92. The Morgan fingerprint density at radius 3 is 2.21 bits per heavy atom. The fraction of sp³-hybridized carbons (Fsp3) is 0. The van der Waals surface area contributed by atoms with Crippen LogP contribution in [0.3, 0.4) is 0 Å². The number of nitrogens with one attached hydrogen (secondary N) is 3. The van der Waals surface area contributed by atoms with Crippen LogP contribution in [0.5, 0.6) is 0 Å². The van der Waals surface area contributed by atoms with Crippen LogP contribution in [0.15, 0.2) is 79.4 Å². The van der Waals surface area contributed by atoms with E-state index in [0.29, 0.717) is 23.0 Å². The highest BCUT2D eigenvalue weighted by Gasteiger charge is 2.05. The topological polar surface area (TPSA) is 96.8 Å². The Hall–Kier alpha value is -4.27. The van der Waals surface area contributed by atoms with Gasteiger partial charge in [-0.05, 0) is 54.6 Å². The molecule has 4 rings (SSSR count). The van der Waals surface area contributed by atoms with Crippen molar-refractivity contribution in [3.63, 3.8) is 0 Å². The lowest BCUT2D eigenvalue weighted by Crippen LogP contribution is -2.19. The van der Waals surface area contributed by atoms with Crippen molar-refractivity contribution in [1.82, 2.24) is 19.7 Å². The van der Waals surface area contributed by atoms with Crippen LogP contribution >= 0.6 is 0 Å². The smallest absolute Gasteiger partial charge is 0.323 e. The van der Waals surface area contributed by atoms with E-state index in [1.165, 1.54) is 30.6 Å². The summed E-state index contributed by atoms with van der Waals surface area (Å²) < 4.78 is 14.6. The van der Waals surface area contributed by atoms with E-state index in [4.69, 9.17) is 0 Å². The van der Waals surface area contributed by atoms with E-state index < -0.39 is 6.03 Å². The Morgan fingerprint density at radius 1 is 0.897 bits per heavy atom. The first-order valence-electron chi connectivity index (χ1n) is 8.68. The Labute approximate surface area is 165 Å². The predicted octanol–water partition coefficient (Wildman–Crippen LogP) is 4.19. The lowest BCUT2D eigenvalue weighted by atomic mass is 10.2. The Morgan fingerprint density at radius 2 is 1.55 bits per heavy atom. The van der Waals surface area contributed by atoms with Crippen LogP contribution in [0.25, 0.3) is 5.82 Å². The first-order valence-corrected chi connectivity index (χ1v) is 8.68. The maximum atomic E-state index is 12.9. The van der Waals surface area contributed by atoms with Crippen molar-refractivity contribution >= 4 is 28.9 Å². The zero-order valence-corrected chi connectivity index (χ0v) is 15.1. The van der Waals surface area contributed by atoms with Gasteiger partial charge in [-0.1, -0.05) is 0 Å². The normalized spacial score (nSPS) is 10.4. The van der Waals surface area contributed by atoms with E-state index in [0.717, 1.165) is 5.69 Å². The molecular formula is C20H16FN7O. The molecule has 8 nitrogen and oxygen atoms in total. The number of halogens is 1. The maximum absolute atomic E-state index is 12.9. The van der Waals surface area contributed by atoms with Crippen molar-refractivity contribution < 1.29 is 9.18 Å². The van der Waals surface area contributed by atoms with Gasteiger partial charge in [-0.3, -0.25) is 0 Å². The Bertz CT molecular complexity index is 1100. The summed E-state index contributed by atoms with van der Waals surface area (Å²) in [5, 5.41) is 12.7. The monoisotopic (exact) mass is 389 g/mol. The van der Waals surface area contributed by atoms with E-state index in [1.54, 1.807) is 35.3 Å². The van der Waals surface area contributed by atoms with Crippen LogP contribution in [0.2, 0.25) is 0 Å². The molecule has 9 heteroatoms. The summed E-state index contributed by atoms with van der Waals surface area (Å²) in [6, 6.07) is 15.8. The van der Waals surface area contributed by atoms with Crippen LogP contribution in [0.4, 0.5) is 32.1 Å². The minimum Gasteiger partial charge on any atom is -0.340 e. The van der Waals surface area contributed by atoms with E-state index in [-0.39, 0.29) is 5.82 Å². The molecule has 0 spiro atoms. The number of anilines is 4. The molecule has 4 aromatic rings. The zero-order valence-electron chi connectivity index (χ0n) is 15.1. The fourth-order valence-corrected chi connectivity index (χ4v) is 2.56. The molecule has 2 amide bonds. The van der Waals surface area contributed by atoms with Crippen molar-refractivity contribution in [2.24, 2.45) is 0 Å². The summed E-state index contributed by atoms with van der Waals surface area (Å²) in [5.41, 5.74) is 1.90. The summed E-state index contributed by atoms with van der Waals surface area (Å²) in [5.74, 6) is 0.892. The number of carbonyl (C=O) groups is 1. The second-order valence-electron chi connectivity index (χ2n) is 6.00. The quantitative estimate of drug-likeness (QED) is 0.476. The molecule has 0 saturated carbocycles. The molecular weight excluding hydrogens is 373 g/mol. The lowest BCUT2D eigenvalue weighted by Gasteiger charge is -2.10. The SMILES string of the molecule is O=C(Nc1ccc(F)cc1)Nc1ccc(Nc2cc(-n3cccn3)ncn2)cc1. The molecule has 144 valence electrons. The average Bonchev–Trinajstić information content (AvgIpc) is 3.26. The second kappa shape index (κ2) is 8.17. The predicted molar refractivity (Wildman–Crippen MR) is 108 cm³/mol. The number of hydrogen-bond donors (Lipinski definition) is 3. The molecule has 29 heavy (non-hydrogen) atoms. The summed E-state index contributed by atoms with van der Waals surface area (Å²) in [6.45, 7) is 0. The molecule has 0 atom stereocenters. The molecule has 0 bridgehead atoms. The number of nitrogens with zero attached hydrogens (tertiary/aromatic N) is 4. The first-order chi connectivity index (χ1) is 14.2. The Balaban J connectivity index is 1.37. The highest BCUT2D eigenvalue weighted by atomic mass is 19.1.